The van der Waals surface area contributed by atoms with Gasteiger partial charge in [-0.2, -0.15) is 0 Å². The summed E-state index contributed by atoms with van der Waals surface area (Å²) in [5.74, 6) is 0.969. The molecule has 0 amide bonds. The number of aromatic nitrogens is 2. The third-order valence-corrected chi connectivity index (χ3v) is 11.7. The van der Waals surface area contributed by atoms with Crippen molar-refractivity contribution >= 4 is 75.8 Å². The van der Waals surface area contributed by atoms with Gasteiger partial charge in [0.2, 0.25) is 0 Å². The number of thiophene rings is 1. The Morgan fingerprint density at radius 2 is 1.17 bits per heavy atom. The first-order chi connectivity index (χ1) is 22.6. The van der Waals surface area contributed by atoms with Crippen LogP contribution in [0.15, 0.2) is 80.4 Å². The molecule has 0 bridgehead atoms. The molecule has 0 aliphatic rings. The molecule has 0 saturated heterocycles. The number of hydrogen-bond donors (Lipinski definition) is 0. The number of imidazole rings is 1. The van der Waals surface area contributed by atoms with Crippen LogP contribution in [0.5, 0.6) is 0 Å². The highest BCUT2D eigenvalue weighted by atomic mass is 79.9. The summed E-state index contributed by atoms with van der Waals surface area (Å²) in [6, 6.07) is 27.4. The maximum absolute atomic E-state index is 5.47. The lowest BCUT2D eigenvalue weighted by Crippen LogP contribution is -1.98. The van der Waals surface area contributed by atoms with Crippen LogP contribution < -0.4 is 0 Å². The van der Waals surface area contributed by atoms with Crippen LogP contribution in [0.4, 0.5) is 0 Å². The van der Waals surface area contributed by atoms with Crippen molar-refractivity contribution < 1.29 is 0 Å². The molecule has 240 valence electrons. The largest absolute Gasteiger partial charge is 0.292 e. The molecule has 2 heterocycles. The number of para-hydroxylation sites is 1. The molecule has 0 spiro atoms. The topological polar surface area (TPSA) is 17.8 Å². The van der Waals surface area contributed by atoms with Crippen LogP contribution in [-0.2, 0) is 12.8 Å². The maximum Gasteiger partial charge on any atom is 0.147 e. The highest BCUT2D eigenvalue weighted by molar-refractivity contribution is 9.12. The molecule has 46 heavy (non-hydrogen) atoms. The van der Waals surface area contributed by atoms with Crippen LogP contribution in [0, 0.1) is 0 Å². The van der Waals surface area contributed by atoms with E-state index in [0.717, 1.165) is 43.0 Å². The minimum absolute atomic E-state index is 0.969. The molecule has 2 nitrogen and oxygen atoms in total. The average Bonchev–Trinajstić information content (AvgIpc) is 3.64. The zero-order valence-corrected chi connectivity index (χ0v) is 31.4. The Kier molecular flexibility index (Phi) is 11.7. The minimum atomic E-state index is 0.969. The Morgan fingerprint density at radius 3 is 1.76 bits per heavy atom. The van der Waals surface area contributed by atoms with Gasteiger partial charge in [0.25, 0.3) is 0 Å². The highest BCUT2D eigenvalue weighted by Crippen LogP contribution is 2.44. The zero-order chi connectivity index (χ0) is 31.9. The van der Waals surface area contributed by atoms with Gasteiger partial charge in [-0.1, -0.05) is 133 Å². The number of fused-ring (bicyclic) bond motifs is 6. The fraction of sp³-hybridized carbons (Fsp3) is 0.390. The molecule has 0 atom stereocenters. The average molecular weight is 759 g/mol. The molecule has 0 saturated carbocycles. The predicted octanol–water partition coefficient (Wildman–Crippen LogP) is 14.4. The molecule has 0 radical (unpaired) electrons. The molecule has 6 aromatic rings. The van der Waals surface area contributed by atoms with Gasteiger partial charge in [-0.15, -0.1) is 11.3 Å². The first kappa shape index (κ1) is 33.4. The number of rotatable bonds is 16. The molecule has 5 heteroatoms. The van der Waals surface area contributed by atoms with Crippen LogP contribution in [-0.4, -0.2) is 9.55 Å². The summed E-state index contributed by atoms with van der Waals surface area (Å²) in [5, 5.41) is 5.21. The summed E-state index contributed by atoms with van der Waals surface area (Å²) < 4.78 is 4.56. The van der Waals surface area contributed by atoms with Crippen molar-refractivity contribution in [1.82, 2.24) is 9.55 Å². The standard InChI is InChI=1S/C41H46Br2N2S/c1-3-5-7-9-11-14-18-29-22-24-32-34(26-29)35-27-30(19-15-12-10-8-6-4-2)23-25-33(35)39-38(32)44-41(36-28-37(42)46-40(36)43)45(39)31-20-16-13-17-21-31/h13,16-17,20-28H,3-12,14-15,18-19H2,1-2H3. The van der Waals surface area contributed by atoms with E-state index < -0.39 is 0 Å². The smallest absolute Gasteiger partial charge is 0.147 e. The molecule has 0 unspecified atom stereocenters. The lowest BCUT2D eigenvalue weighted by molar-refractivity contribution is 0.607. The molecule has 2 aromatic heterocycles. The summed E-state index contributed by atoms with van der Waals surface area (Å²) in [7, 11) is 0. The molecular weight excluding hydrogens is 712 g/mol. The number of hydrogen-bond acceptors (Lipinski definition) is 2. The van der Waals surface area contributed by atoms with Gasteiger partial charge in [0.1, 0.15) is 5.82 Å². The summed E-state index contributed by atoms with van der Waals surface area (Å²) in [4.78, 5) is 5.47. The van der Waals surface area contributed by atoms with E-state index >= 15 is 0 Å². The van der Waals surface area contributed by atoms with Crippen LogP contribution in [0.2, 0.25) is 0 Å². The van der Waals surface area contributed by atoms with Crippen LogP contribution in [0.3, 0.4) is 0 Å². The van der Waals surface area contributed by atoms with Gasteiger partial charge >= 0.3 is 0 Å². The molecule has 0 aliphatic carbocycles. The van der Waals surface area contributed by atoms with Crippen LogP contribution >= 0.6 is 43.2 Å². The Bertz CT molecular complexity index is 1900. The molecule has 0 aliphatic heterocycles. The second-order valence-corrected chi connectivity index (χ2v) is 16.6. The van der Waals surface area contributed by atoms with Gasteiger partial charge < -0.3 is 0 Å². The summed E-state index contributed by atoms with van der Waals surface area (Å²) in [6.07, 6.45) is 18.2. The molecule has 0 fully saturated rings. The third kappa shape index (κ3) is 7.48. The first-order valence-electron chi connectivity index (χ1n) is 17.5. The van der Waals surface area contributed by atoms with Crippen molar-refractivity contribution in [2.75, 3.05) is 0 Å². The number of nitrogens with zero attached hydrogens (tertiary/aromatic N) is 2. The first-order valence-corrected chi connectivity index (χ1v) is 19.9. The van der Waals surface area contributed by atoms with E-state index in [-0.39, 0.29) is 0 Å². The fourth-order valence-corrected chi connectivity index (χ4v) is 9.72. The van der Waals surface area contributed by atoms with Crippen molar-refractivity contribution in [2.45, 2.75) is 104 Å². The van der Waals surface area contributed by atoms with Crippen molar-refractivity contribution in [1.29, 1.82) is 0 Å². The highest BCUT2D eigenvalue weighted by Gasteiger charge is 2.23. The van der Waals surface area contributed by atoms with E-state index in [0.29, 0.717) is 0 Å². The number of benzene rings is 4. The SMILES string of the molecule is CCCCCCCCc1ccc2c(c1)c1cc(CCCCCCCC)ccc1c1c2nc(-c2cc(Br)sc2Br)n1-c1ccccc1. The summed E-state index contributed by atoms with van der Waals surface area (Å²) >= 11 is 9.28. The van der Waals surface area contributed by atoms with Crippen molar-refractivity contribution in [2.24, 2.45) is 0 Å². The van der Waals surface area contributed by atoms with Gasteiger partial charge in [0, 0.05) is 22.0 Å². The van der Waals surface area contributed by atoms with E-state index in [2.05, 4.69) is 123 Å². The Morgan fingerprint density at radius 1 is 0.609 bits per heavy atom. The quantitative estimate of drug-likeness (QED) is 0.0710. The van der Waals surface area contributed by atoms with Gasteiger partial charge in [-0.25, -0.2) is 4.98 Å². The van der Waals surface area contributed by atoms with Crippen molar-refractivity contribution in [3.63, 3.8) is 0 Å². The van der Waals surface area contributed by atoms with E-state index in [1.54, 1.807) is 11.3 Å². The lowest BCUT2D eigenvalue weighted by atomic mass is 9.94. The van der Waals surface area contributed by atoms with E-state index in [1.807, 2.05) is 0 Å². The summed E-state index contributed by atoms with van der Waals surface area (Å²) in [6.45, 7) is 4.58. The van der Waals surface area contributed by atoms with Crippen molar-refractivity contribution in [3.8, 4) is 17.1 Å². The molecule has 6 rings (SSSR count). The Hall–Kier alpha value is -2.47. The number of halogens is 2. The van der Waals surface area contributed by atoms with Crippen LogP contribution in [0.25, 0.3) is 49.7 Å². The molecule has 0 N–H and O–H groups in total. The maximum atomic E-state index is 5.47. The summed E-state index contributed by atoms with van der Waals surface area (Å²) in [5.41, 5.74) is 7.39. The van der Waals surface area contributed by atoms with E-state index in [1.165, 1.54) is 115 Å². The fourth-order valence-electron chi connectivity index (χ4n) is 6.93. The van der Waals surface area contributed by atoms with Gasteiger partial charge in [-0.05, 0) is 97.6 Å². The normalized spacial score (nSPS) is 11.8. The van der Waals surface area contributed by atoms with Gasteiger partial charge in [0.05, 0.1) is 18.6 Å². The molecular formula is C41H46Br2N2S. The van der Waals surface area contributed by atoms with E-state index in [9.17, 15) is 0 Å². The Labute approximate surface area is 295 Å². The van der Waals surface area contributed by atoms with Crippen LogP contribution in [0.1, 0.15) is 102 Å². The Balaban J connectivity index is 1.50. The molecule has 4 aromatic carbocycles. The second-order valence-electron chi connectivity index (χ2n) is 12.8. The van der Waals surface area contributed by atoms with Gasteiger partial charge in [-0.3, -0.25) is 4.57 Å². The lowest BCUT2D eigenvalue weighted by Gasteiger charge is -2.14. The second kappa shape index (κ2) is 16.1. The zero-order valence-electron chi connectivity index (χ0n) is 27.4. The minimum Gasteiger partial charge on any atom is -0.292 e. The van der Waals surface area contributed by atoms with Gasteiger partial charge in [0.15, 0.2) is 0 Å². The predicted molar refractivity (Wildman–Crippen MR) is 209 cm³/mol. The van der Waals surface area contributed by atoms with Crippen molar-refractivity contribution in [3.05, 3.63) is 91.5 Å². The number of unbranched alkanes of at least 4 members (excludes halogenated alkanes) is 10. The van der Waals surface area contributed by atoms with E-state index in [4.69, 9.17) is 4.98 Å². The third-order valence-electron chi connectivity index (χ3n) is 9.40. The number of aryl methyl sites for hydroxylation is 2. The monoisotopic (exact) mass is 756 g/mol.